The van der Waals surface area contributed by atoms with E-state index in [0.717, 1.165) is 29.3 Å². The Labute approximate surface area is 127 Å². The van der Waals surface area contributed by atoms with Crippen molar-refractivity contribution in [3.8, 4) is 0 Å². The molecule has 1 N–H and O–H groups in total. The molecule has 0 saturated heterocycles. The number of carboxylic acid groups (broad SMARTS) is 1. The summed E-state index contributed by atoms with van der Waals surface area (Å²) in [6.45, 7) is 0. The molecule has 6 heteroatoms. The minimum Gasteiger partial charge on any atom is -0.481 e. The molecule has 1 aliphatic carbocycles. The fourth-order valence-electron chi connectivity index (χ4n) is 3.50. The zero-order chi connectivity index (χ0) is 15.9. The van der Waals surface area contributed by atoms with Crippen molar-refractivity contribution in [3.63, 3.8) is 0 Å². The second kappa shape index (κ2) is 5.44. The highest BCUT2D eigenvalue weighted by molar-refractivity contribution is 5.86. The maximum absolute atomic E-state index is 11.1. The van der Waals surface area contributed by atoms with Crippen LogP contribution in [0.2, 0.25) is 0 Å². The lowest BCUT2D eigenvalue weighted by Gasteiger charge is -2.25. The Morgan fingerprint density at radius 3 is 2.59 bits per heavy atom. The van der Waals surface area contributed by atoms with Gasteiger partial charge in [-0.05, 0) is 43.2 Å². The Kier molecular flexibility index (Phi) is 3.60. The molecule has 1 fully saturated rings. The van der Waals surface area contributed by atoms with E-state index in [1.165, 1.54) is 6.07 Å². The molecule has 1 aromatic carbocycles. The predicted molar refractivity (Wildman–Crippen MR) is 81.9 cm³/mol. The molecule has 3 rings (SSSR count). The molecule has 2 aromatic rings. The number of aromatic nitrogens is 1. The van der Waals surface area contributed by atoms with E-state index >= 15 is 0 Å². The van der Waals surface area contributed by atoms with Crippen LogP contribution in [0.5, 0.6) is 0 Å². The molecule has 1 aliphatic rings. The van der Waals surface area contributed by atoms with Gasteiger partial charge in [0.15, 0.2) is 0 Å². The summed E-state index contributed by atoms with van der Waals surface area (Å²) < 4.78 is 1.98. The van der Waals surface area contributed by atoms with Gasteiger partial charge in [0.1, 0.15) is 0 Å². The number of rotatable bonds is 3. The monoisotopic (exact) mass is 302 g/mol. The zero-order valence-electron chi connectivity index (χ0n) is 12.4. The zero-order valence-corrected chi connectivity index (χ0v) is 12.4. The van der Waals surface area contributed by atoms with Crippen LogP contribution < -0.4 is 0 Å². The predicted octanol–water partition coefficient (Wildman–Crippen LogP) is 3.44. The molecule has 6 nitrogen and oxygen atoms in total. The topological polar surface area (TPSA) is 85.4 Å². The van der Waals surface area contributed by atoms with Gasteiger partial charge < -0.3 is 9.67 Å². The first-order chi connectivity index (χ1) is 10.5. The number of hydrogen-bond acceptors (Lipinski definition) is 3. The highest BCUT2D eigenvalue weighted by Gasteiger charge is 2.28. The lowest BCUT2D eigenvalue weighted by Crippen LogP contribution is -2.20. The number of nitrogens with zero attached hydrogens (tertiary/aromatic N) is 2. The normalized spacial score (nSPS) is 21.9. The molecule has 0 spiro atoms. The number of nitro benzene ring substituents is 1. The molecule has 0 aliphatic heterocycles. The van der Waals surface area contributed by atoms with Crippen LogP contribution in [-0.2, 0) is 11.8 Å². The Bertz CT molecular complexity index is 742. The van der Waals surface area contributed by atoms with Crippen LogP contribution in [0, 0.1) is 16.0 Å². The van der Waals surface area contributed by atoms with Gasteiger partial charge in [0, 0.05) is 36.3 Å². The summed E-state index contributed by atoms with van der Waals surface area (Å²) in [6, 6.07) is 4.93. The summed E-state index contributed by atoms with van der Waals surface area (Å²) in [6.07, 6.45) is 5.01. The van der Waals surface area contributed by atoms with Crippen LogP contribution in [0.4, 0.5) is 5.69 Å². The van der Waals surface area contributed by atoms with Gasteiger partial charge in [0.05, 0.1) is 10.8 Å². The molecule has 0 unspecified atom stereocenters. The van der Waals surface area contributed by atoms with Crippen LogP contribution in [0.1, 0.15) is 37.2 Å². The van der Waals surface area contributed by atoms with E-state index in [-0.39, 0.29) is 22.4 Å². The second-order valence-electron chi connectivity index (χ2n) is 6.04. The lowest BCUT2D eigenvalue weighted by atomic mass is 9.78. The minimum absolute atomic E-state index is 0.0965. The summed E-state index contributed by atoms with van der Waals surface area (Å²) in [4.78, 5) is 21.7. The number of carbonyl (C=O) groups is 1. The third kappa shape index (κ3) is 2.45. The van der Waals surface area contributed by atoms with Crippen molar-refractivity contribution in [1.29, 1.82) is 0 Å². The SMILES string of the molecule is Cn1cc(C2CCC(C(=O)O)CC2)c2cc([N+](=O)[O-])ccc21. The first-order valence-electron chi connectivity index (χ1n) is 7.43. The third-order valence-electron chi connectivity index (χ3n) is 4.73. The number of hydrogen-bond donors (Lipinski definition) is 1. The molecule has 1 saturated carbocycles. The first-order valence-corrected chi connectivity index (χ1v) is 7.43. The van der Waals surface area contributed by atoms with Gasteiger partial charge in [0.25, 0.3) is 5.69 Å². The molecular formula is C16H18N2O4. The van der Waals surface area contributed by atoms with Gasteiger partial charge in [-0.2, -0.15) is 0 Å². The second-order valence-corrected chi connectivity index (χ2v) is 6.04. The number of fused-ring (bicyclic) bond motifs is 1. The summed E-state index contributed by atoms with van der Waals surface area (Å²) in [5, 5.41) is 21.0. The maximum Gasteiger partial charge on any atom is 0.306 e. The third-order valence-corrected chi connectivity index (χ3v) is 4.73. The van der Waals surface area contributed by atoms with E-state index < -0.39 is 5.97 Å². The lowest BCUT2D eigenvalue weighted by molar-refractivity contribution is -0.384. The van der Waals surface area contributed by atoms with E-state index in [2.05, 4.69) is 0 Å². The number of carboxylic acids is 1. The van der Waals surface area contributed by atoms with Crippen molar-refractivity contribution >= 4 is 22.6 Å². The largest absolute Gasteiger partial charge is 0.481 e. The number of aliphatic carboxylic acids is 1. The molecule has 1 heterocycles. The number of aryl methyl sites for hydroxylation is 1. The smallest absolute Gasteiger partial charge is 0.306 e. The maximum atomic E-state index is 11.1. The van der Waals surface area contributed by atoms with E-state index in [9.17, 15) is 14.9 Å². The van der Waals surface area contributed by atoms with E-state index in [0.29, 0.717) is 12.8 Å². The Balaban J connectivity index is 1.95. The molecule has 1 aromatic heterocycles. The Hall–Kier alpha value is -2.37. The van der Waals surface area contributed by atoms with Gasteiger partial charge in [-0.3, -0.25) is 14.9 Å². The van der Waals surface area contributed by atoms with E-state index in [1.807, 2.05) is 17.8 Å². The van der Waals surface area contributed by atoms with Crippen LogP contribution >= 0.6 is 0 Å². The van der Waals surface area contributed by atoms with Gasteiger partial charge in [-0.1, -0.05) is 0 Å². The summed E-state index contributed by atoms with van der Waals surface area (Å²) >= 11 is 0. The van der Waals surface area contributed by atoms with Gasteiger partial charge >= 0.3 is 5.97 Å². The van der Waals surface area contributed by atoms with Gasteiger partial charge in [-0.25, -0.2) is 0 Å². The molecule has 0 amide bonds. The first kappa shape index (κ1) is 14.6. The quantitative estimate of drug-likeness (QED) is 0.695. The average Bonchev–Trinajstić information content (AvgIpc) is 2.84. The number of nitro groups is 1. The Morgan fingerprint density at radius 2 is 2.00 bits per heavy atom. The van der Waals surface area contributed by atoms with Crippen molar-refractivity contribution in [1.82, 2.24) is 4.57 Å². The standard InChI is InChI=1S/C16H18N2O4/c1-17-9-14(10-2-4-11(5-3-10)16(19)20)13-8-12(18(21)22)6-7-15(13)17/h6-11H,2-5H2,1H3,(H,19,20). The Morgan fingerprint density at radius 1 is 1.32 bits per heavy atom. The van der Waals surface area contributed by atoms with Crippen LogP contribution in [0.25, 0.3) is 10.9 Å². The minimum atomic E-state index is -0.716. The molecule has 0 bridgehead atoms. The molecule has 0 radical (unpaired) electrons. The molecule has 116 valence electrons. The average molecular weight is 302 g/mol. The van der Waals surface area contributed by atoms with Gasteiger partial charge in [0.2, 0.25) is 0 Å². The molecule has 0 atom stereocenters. The number of non-ortho nitro benzene ring substituents is 1. The van der Waals surface area contributed by atoms with Crippen LogP contribution in [0.15, 0.2) is 24.4 Å². The van der Waals surface area contributed by atoms with Crippen molar-refractivity contribution in [2.75, 3.05) is 0 Å². The fraction of sp³-hybridized carbons (Fsp3) is 0.438. The summed E-state index contributed by atoms with van der Waals surface area (Å²) in [5.74, 6) is -0.686. The van der Waals surface area contributed by atoms with Crippen LogP contribution in [-0.4, -0.2) is 20.6 Å². The van der Waals surface area contributed by atoms with Crippen molar-refractivity contribution < 1.29 is 14.8 Å². The van der Waals surface area contributed by atoms with Gasteiger partial charge in [-0.15, -0.1) is 0 Å². The van der Waals surface area contributed by atoms with Crippen molar-refractivity contribution in [2.45, 2.75) is 31.6 Å². The van der Waals surface area contributed by atoms with E-state index in [1.54, 1.807) is 12.1 Å². The highest BCUT2D eigenvalue weighted by atomic mass is 16.6. The molecule has 22 heavy (non-hydrogen) atoms. The van der Waals surface area contributed by atoms with Crippen LogP contribution in [0.3, 0.4) is 0 Å². The summed E-state index contributed by atoms with van der Waals surface area (Å²) in [7, 11) is 1.93. The summed E-state index contributed by atoms with van der Waals surface area (Å²) in [5.41, 5.74) is 2.17. The number of benzene rings is 1. The van der Waals surface area contributed by atoms with Crippen molar-refractivity contribution in [3.05, 3.63) is 40.1 Å². The molecular weight excluding hydrogens is 284 g/mol. The van der Waals surface area contributed by atoms with E-state index in [4.69, 9.17) is 5.11 Å². The fourth-order valence-corrected chi connectivity index (χ4v) is 3.50. The highest BCUT2D eigenvalue weighted by Crippen LogP contribution is 2.40. The van der Waals surface area contributed by atoms with Crippen molar-refractivity contribution in [2.24, 2.45) is 13.0 Å².